The van der Waals surface area contributed by atoms with Crippen molar-refractivity contribution in [2.75, 3.05) is 37.0 Å². The summed E-state index contributed by atoms with van der Waals surface area (Å²) in [5.74, 6) is -0.392. The molecule has 0 spiro atoms. The van der Waals surface area contributed by atoms with Crippen molar-refractivity contribution in [3.63, 3.8) is 0 Å². The van der Waals surface area contributed by atoms with Crippen LogP contribution in [0.5, 0.6) is 0 Å². The molecule has 0 fully saturated rings. The molecule has 8 nitrogen and oxygen atoms in total. The molecule has 210 valence electrons. The number of hydrogen-bond donors (Lipinski definition) is 2. The molecule has 3 aromatic carbocycles. The normalized spacial score (nSPS) is 10.9. The molecule has 8 heteroatoms. The van der Waals surface area contributed by atoms with E-state index in [2.05, 4.69) is 34.9 Å². The van der Waals surface area contributed by atoms with E-state index >= 15 is 0 Å². The first-order valence-corrected chi connectivity index (χ1v) is 13.9. The van der Waals surface area contributed by atoms with E-state index in [-0.39, 0.29) is 11.9 Å². The summed E-state index contributed by atoms with van der Waals surface area (Å²) >= 11 is 0. The molecular weight excluding hydrogens is 506 g/mol. The number of carbonyl (C=O) groups excluding carboxylic acids is 2. The standard InChI is InChI=1S/C32H37N3O5/c1-3-39-30(36)15-9-17-33-24-19-23(22-38-18-10-16-31(37)40-4-2)20-25(21-24)34-32-26-11-5-7-13-28(26)35-29-14-8-6-12-27(29)32/h5-8,11-14,19-21,33H,3-4,9-10,15-18,22H2,1-2H3,(H,34,35). The quantitative estimate of drug-likeness (QED) is 0.0965. The Morgan fingerprint density at radius 2 is 1.38 bits per heavy atom. The minimum absolute atomic E-state index is 0.187. The molecule has 0 unspecified atom stereocenters. The number of rotatable bonds is 15. The lowest BCUT2D eigenvalue weighted by Crippen LogP contribution is -2.09. The summed E-state index contributed by atoms with van der Waals surface area (Å²) in [5.41, 5.74) is 5.63. The summed E-state index contributed by atoms with van der Waals surface area (Å²) in [7, 11) is 0. The molecule has 0 bridgehead atoms. The maximum Gasteiger partial charge on any atom is 0.305 e. The topological polar surface area (TPSA) is 98.8 Å². The predicted octanol–water partition coefficient (Wildman–Crippen LogP) is 6.75. The molecule has 1 heterocycles. The monoisotopic (exact) mass is 543 g/mol. The van der Waals surface area contributed by atoms with E-state index in [9.17, 15) is 9.59 Å². The predicted molar refractivity (Wildman–Crippen MR) is 159 cm³/mol. The van der Waals surface area contributed by atoms with E-state index in [1.807, 2.05) is 49.4 Å². The Hall–Kier alpha value is -4.17. The van der Waals surface area contributed by atoms with Crippen LogP contribution in [0, 0.1) is 0 Å². The zero-order valence-electron chi connectivity index (χ0n) is 23.2. The molecule has 0 atom stereocenters. The minimum atomic E-state index is -0.205. The highest BCUT2D eigenvalue weighted by Crippen LogP contribution is 2.34. The van der Waals surface area contributed by atoms with Gasteiger partial charge < -0.3 is 24.8 Å². The molecule has 0 amide bonds. The Balaban J connectivity index is 1.53. The Morgan fingerprint density at radius 3 is 2.02 bits per heavy atom. The number of anilines is 3. The minimum Gasteiger partial charge on any atom is -0.466 e. The molecule has 4 aromatic rings. The van der Waals surface area contributed by atoms with Crippen LogP contribution in [0.25, 0.3) is 21.8 Å². The van der Waals surface area contributed by atoms with E-state index in [1.54, 1.807) is 6.92 Å². The molecule has 0 saturated heterocycles. The summed E-state index contributed by atoms with van der Waals surface area (Å²) in [6.45, 7) is 5.87. The summed E-state index contributed by atoms with van der Waals surface area (Å²) in [5, 5.41) is 9.16. The smallest absolute Gasteiger partial charge is 0.305 e. The number of nitrogens with one attached hydrogen (secondary N) is 2. The highest BCUT2D eigenvalue weighted by molar-refractivity contribution is 6.08. The van der Waals surface area contributed by atoms with Gasteiger partial charge in [0.05, 0.1) is 36.5 Å². The lowest BCUT2D eigenvalue weighted by atomic mass is 10.1. The van der Waals surface area contributed by atoms with Crippen molar-refractivity contribution >= 4 is 50.8 Å². The Kier molecular flexibility index (Phi) is 10.7. The molecule has 4 rings (SSSR count). The number of hydrogen-bond acceptors (Lipinski definition) is 8. The van der Waals surface area contributed by atoms with Gasteiger partial charge >= 0.3 is 11.9 Å². The second kappa shape index (κ2) is 14.8. The van der Waals surface area contributed by atoms with Gasteiger partial charge in [-0.2, -0.15) is 0 Å². The van der Waals surface area contributed by atoms with Gasteiger partial charge in [0.15, 0.2) is 0 Å². The maximum atomic E-state index is 11.7. The lowest BCUT2D eigenvalue weighted by molar-refractivity contribution is -0.144. The van der Waals surface area contributed by atoms with Crippen molar-refractivity contribution in [1.29, 1.82) is 0 Å². The number of benzene rings is 3. The van der Waals surface area contributed by atoms with Crippen molar-refractivity contribution in [2.24, 2.45) is 0 Å². The lowest BCUT2D eigenvalue weighted by Gasteiger charge is -2.16. The average Bonchev–Trinajstić information content (AvgIpc) is 2.95. The number of fused-ring (bicyclic) bond motifs is 2. The fourth-order valence-corrected chi connectivity index (χ4v) is 4.51. The third-order valence-corrected chi connectivity index (χ3v) is 6.29. The number of carbonyl (C=O) groups is 2. The number of esters is 2. The van der Waals surface area contributed by atoms with Gasteiger partial charge in [-0.15, -0.1) is 0 Å². The Labute approximate surface area is 235 Å². The van der Waals surface area contributed by atoms with Crippen LogP contribution in [0.3, 0.4) is 0 Å². The molecule has 40 heavy (non-hydrogen) atoms. The van der Waals surface area contributed by atoms with Crippen molar-refractivity contribution in [2.45, 2.75) is 46.1 Å². The van der Waals surface area contributed by atoms with Crippen molar-refractivity contribution in [3.05, 3.63) is 72.3 Å². The second-order valence-electron chi connectivity index (χ2n) is 9.36. The highest BCUT2D eigenvalue weighted by Gasteiger charge is 2.11. The number of pyridine rings is 1. The van der Waals surface area contributed by atoms with Crippen LogP contribution in [0.1, 0.15) is 45.1 Å². The van der Waals surface area contributed by atoms with Crippen molar-refractivity contribution in [1.82, 2.24) is 4.98 Å². The van der Waals surface area contributed by atoms with Gasteiger partial charge in [0.1, 0.15) is 0 Å². The van der Waals surface area contributed by atoms with Gasteiger partial charge in [-0.25, -0.2) is 4.98 Å². The van der Waals surface area contributed by atoms with Crippen LogP contribution in [0.2, 0.25) is 0 Å². The van der Waals surface area contributed by atoms with Gasteiger partial charge in [-0.3, -0.25) is 9.59 Å². The molecule has 0 aliphatic rings. The first-order chi connectivity index (χ1) is 19.6. The van der Waals surface area contributed by atoms with E-state index < -0.39 is 0 Å². The fourth-order valence-electron chi connectivity index (χ4n) is 4.51. The summed E-state index contributed by atoms with van der Waals surface area (Å²) in [6, 6.07) is 22.4. The molecule has 0 saturated carbocycles. The largest absolute Gasteiger partial charge is 0.466 e. The van der Waals surface area contributed by atoms with Crippen LogP contribution in [0.4, 0.5) is 17.1 Å². The van der Waals surface area contributed by atoms with Crippen molar-refractivity contribution < 1.29 is 23.8 Å². The SMILES string of the molecule is CCOC(=O)CCCNc1cc(COCCCC(=O)OCC)cc(Nc2c3ccccc3nc3ccccc23)c1. The van der Waals surface area contributed by atoms with E-state index in [0.717, 1.165) is 44.4 Å². The number of para-hydroxylation sites is 2. The Morgan fingerprint density at radius 1 is 0.775 bits per heavy atom. The first kappa shape index (κ1) is 28.8. The molecular formula is C32H37N3O5. The number of ether oxygens (including phenoxy) is 3. The van der Waals surface area contributed by atoms with Gasteiger partial charge in [0, 0.05) is 48.1 Å². The molecule has 0 aliphatic carbocycles. The van der Waals surface area contributed by atoms with Gasteiger partial charge in [0.25, 0.3) is 0 Å². The molecule has 0 aliphatic heterocycles. The molecule has 0 radical (unpaired) electrons. The van der Waals surface area contributed by atoms with Crippen LogP contribution < -0.4 is 10.6 Å². The fraction of sp³-hybridized carbons (Fsp3) is 0.344. The first-order valence-electron chi connectivity index (χ1n) is 13.9. The van der Waals surface area contributed by atoms with E-state index in [0.29, 0.717) is 58.7 Å². The average molecular weight is 544 g/mol. The third kappa shape index (κ3) is 8.16. The van der Waals surface area contributed by atoms with Crippen molar-refractivity contribution in [3.8, 4) is 0 Å². The van der Waals surface area contributed by atoms with E-state index in [1.165, 1.54) is 0 Å². The zero-order valence-corrected chi connectivity index (χ0v) is 23.2. The summed E-state index contributed by atoms with van der Waals surface area (Å²) in [4.78, 5) is 28.2. The third-order valence-electron chi connectivity index (χ3n) is 6.29. The van der Waals surface area contributed by atoms with Crippen LogP contribution in [0.15, 0.2) is 66.7 Å². The molecule has 1 aromatic heterocycles. The molecule has 2 N–H and O–H groups in total. The van der Waals surface area contributed by atoms with Gasteiger partial charge in [0.2, 0.25) is 0 Å². The van der Waals surface area contributed by atoms with Gasteiger partial charge in [-0.05, 0) is 62.6 Å². The number of nitrogens with zero attached hydrogens (tertiary/aromatic N) is 1. The summed E-state index contributed by atoms with van der Waals surface area (Å²) < 4.78 is 15.9. The maximum absolute atomic E-state index is 11.7. The highest BCUT2D eigenvalue weighted by atomic mass is 16.5. The van der Waals surface area contributed by atoms with Gasteiger partial charge in [-0.1, -0.05) is 36.4 Å². The Bertz CT molecular complexity index is 1390. The van der Waals surface area contributed by atoms with Crippen LogP contribution in [-0.2, 0) is 30.4 Å². The van der Waals surface area contributed by atoms with Crippen LogP contribution >= 0.6 is 0 Å². The summed E-state index contributed by atoms with van der Waals surface area (Å²) in [6.07, 6.45) is 1.97. The zero-order chi connectivity index (χ0) is 28.2. The number of aromatic nitrogens is 1. The van der Waals surface area contributed by atoms with Crippen LogP contribution in [-0.4, -0.2) is 43.3 Å². The second-order valence-corrected chi connectivity index (χ2v) is 9.36. The van der Waals surface area contributed by atoms with E-state index in [4.69, 9.17) is 19.2 Å².